The summed E-state index contributed by atoms with van der Waals surface area (Å²) in [4.78, 5) is 16.4. The Kier molecular flexibility index (Phi) is 3.69. The van der Waals surface area contributed by atoms with E-state index in [-0.39, 0.29) is 5.78 Å². The Balaban J connectivity index is 1.91. The average Bonchev–Trinajstić information content (AvgIpc) is 3.08. The van der Waals surface area contributed by atoms with Crippen LogP contribution in [0, 0.1) is 0 Å². The fraction of sp³-hybridized carbons (Fsp3) is 0. The van der Waals surface area contributed by atoms with Crippen molar-refractivity contribution in [1.82, 2.24) is 14.8 Å². The lowest BCUT2D eigenvalue weighted by atomic mass is 10.1. The van der Waals surface area contributed by atoms with Crippen molar-refractivity contribution in [2.75, 3.05) is 0 Å². The number of benzene rings is 1. The van der Waals surface area contributed by atoms with E-state index in [0.29, 0.717) is 5.56 Å². The second-order valence-corrected chi connectivity index (χ2v) is 4.45. The number of ketones is 1. The summed E-state index contributed by atoms with van der Waals surface area (Å²) in [5.74, 6) is -0.0649. The first-order chi connectivity index (χ1) is 10.3. The highest BCUT2D eigenvalue weighted by molar-refractivity contribution is 6.09. The van der Waals surface area contributed by atoms with Crippen molar-refractivity contribution in [3.05, 3.63) is 84.5 Å². The van der Waals surface area contributed by atoms with E-state index in [9.17, 15) is 4.79 Å². The molecule has 0 spiro atoms. The zero-order valence-electron chi connectivity index (χ0n) is 11.3. The molecule has 102 valence electrons. The lowest BCUT2D eigenvalue weighted by Crippen LogP contribution is -2.04. The van der Waals surface area contributed by atoms with Crippen LogP contribution in [0.3, 0.4) is 0 Å². The summed E-state index contributed by atoms with van der Waals surface area (Å²) in [6.45, 7) is 0. The third kappa shape index (κ3) is 2.95. The first kappa shape index (κ1) is 13.0. The van der Waals surface area contributed by atoms with Crippen LogP contribution in [0.5, 0.6) is 0 Å². The average molecular weight is 275 g/mol. The molecule has 0 saturated carbocycles. The van der Waals surface area contributed by atoms with Crippen LogP contribution in [0.25, 0.3) is 11.8 Å². The van der Waals surface area contributed by atoms with Gasteiger partial charge in [0.05, 0.1) is 5.69 Å². The van der Waals surface area contributed by atoms with Crippen molar-refractivity contribution in [3.63, 3.8) is 0 Å². The Labute approximate surface area is 122 Å². The van der Waals surface area contributed by atoms with Gasteiger partial charge in [-0.2, -0.15) is 5.10 Å². The van der Waals surface area contributed by atoms with E-state index < -0.39 is 0 Å². The van der Waals surface area contributed by atoms with Crippen molar-refractivity contribution in [3.8, 4) is 5.69 Å². The molecule has 2 aromatic heterocycles. The van der Waals surface area contributed by atoms with Gasteiger partial charge in [-0.3, -0.25) is 9.78 Å². The van der Waals surface area contributed by atoms with E-state index >= 15 is 0 Å². The first-order valence-electron chi connectivity index (χ1n) is 6.56. The molecular formula is C17H13N3O. The topological polar surface area (TPSA) is 47.8 Å². The summed E-state index contributed by atoms with van der Waals surface area (Å²) in [5, 5.41) is 4.18. The van der Waals surface area contributed by atoms with Crippen molar-refractivity contribution in [2.24, 2.45) is 0 Å². The number of para-hydroxylation sites is 1. The molecule has 4 heteroatoms. The molecule has 2 heterocycles. The molecule has 4 nitrogen and oxygen atoms in total. The van der Waals surface area contributed by atoms with E-state index in [1.165, 1.54) is 0 Å². The fourth-order valence-corrected chi connectivity index (χ4v) is 2.03. The Morgan fingerprint density at radius 1 is 1.05 bits per heavy atom. The molecule has 0 aliphatic rings. The SMILES string of the molecule is O=C(/C=C/c1cccnc1)c1ccccc1-n1cccn1. The van der Waals surface area contributed by atoms with E-state index in [1.54, 1.807) is 41.5 Å². The van der Waals surface area contributed by atoms with Crippen LogP contribution in [-0.2, 0) is 0 Å². The van der Waals surface area contributed by atoms with Gasteiger partial charge in [-0.1, -0.05) is 18.2 Å². The Morgan fingerprint density at radius 2 is 1.95 bits per heavy atom. The van der Waals surface area contributed by atoms with Crippen LogP contribution < -0.4 is 0 Å². The van der Waals surface area contributed by atoms with Crippen LogP contribution in [0.4, 0.5) is 0 Å². The van der Waals surface area contributed by atoms with Gasteiger partial charge >= 0.3 is 0 Å². The molecule has 0 fully saturated rings. The molecule has 0 atom stereocenters. The van der Waals surface area contributed by atoms with Crippen molar-refractivity contribution < 1.29 is 4.79 Å². The fourth-order valence-electron chi connectivity index (χ4n) is 2.03. The van der Waals surface area contributed by atoms with Gasteiger partial charge in [0, 0.05) is 30.4 Å². The molecule has 0 bridgehead atoms. The van der Waals surface area contributed by atoms with Gasteiger partial charge in [-0.15, -0.1) is 0 Å². The lowest BCUT2D eigenvalue weighted by molar-refractivity contribution is 0.104. The molecule has 21 heavy (non-hydrogen) atoms. The summed E-state index contributed by atoms with van der Waals surface area (Å²) in [5.41, 5.74) is 2.27. The third-order valence-electron chi connectivity index (χ3n) is 3.03. The maximum atomic E-state index is 12.4. The van der Waals surface area contributed by atoms with Crippen LogP contribution in [-0.4, -0.2) is 20.5 Å². The zero-order valence-corrected chi connectivity index (χ0v) is 11.3. The maximum absolute atomic E-state index is 12.4. The van der Waals surface area contributed by atoms with Gasteiger partial charge in [0.15, 0.2) is 5.78 Å². The number of hydrogen-bond donors (Lipinski definition) is 0. The largest absolute Gasteiger partial charge is 0.289 e. The summed E-state index contributed by atoms with van der Waals surface area (Å²) in [6.07, 6.45) is 10.2. The van der Waals surface area contributed by atoms with Crippen molar-refractivity contribution >= 4 is 11.9 Å². The summed E-state index contributed by atoms with van der Waals surface area (Å²) in [6, 6.07) is 13.0. The molecule has 0 radical (unpaired) electrons. The van der Waals surface area contributed by atoms with Crippen LogP contribution in [0.2, 0.25) is 0 Å². The number of hydrogen-bond acceptors (Lipinski definition) is 3. The minimum absolute atomic E-state index is 0.0649. The summed E-state index contributed by atoms with van der Waals surface area (Å²) in [7, 11) is 0. The Morgan fingerprint density at radius 3 is 2.71 bits per heavy atom. The Hall–Kier alpha value is -3.01. The van der Waals surface area contributed by atoms with Gasteiger partial charge in [0.25, 0.3) is 0 Å². The number of aromatic nitrogens is 3. The van der Waals surface area contributed by atoms with Crippen molar-refractivity contribution in [1.29, 1.82) is 0 Å². The molecule has 0 amide bonds. The minimum atomic E-state index is -0.0649. The standard InChI is InChI=1S/C17H13N3O/c21-17(9-8-14-5-3-10-18-13-14)15-6-1-2-7-16(15)20-12-4-11-19-20/h1-13H/b9-8+. The number of nitrogens with zero attached hydrogens (tertiary/aromatic N) is 3. The molecule has 0 unspecified atom stereocenters. The van der Waals surface area contributed by atoms with Gasteiger partial charge in [0.2, 0.25) is 0 Å². The Bertz CT molecular complexity index is 762. The minimum Gasteiger partial charge on any atom is -0.289 e. The summed E-state index contributed by atoms with van der Waals surface area (Å²) >= 11 is 0. The maximum Gasteiger partial charge on any atom is 0.188 e. The molecule has 3 rings (SSSR count). The van der Waals surface area contributed by atoms with E-state index in [4.69, 9.17) is 0 Å². The zero-order chi connectivity index (χ0) is 14.5. The number of allylic oxidation sites excluding steroid dienone is 1. The predicted octanol–water partition coefficient (Wildman–Crippen LogP) is 3.16. The quantitative estimate of drug-likeness (QED) is 0.543. The van der Waals surface area contributed by atoms with Crippen LogP contribution in [0.15, 0.2) is 73.3 Å². The third-order valence-corrected chi connectivity index (χ3v) is 3.03. The molecule has 0 saturated heterocycles. The number of rotatable bonds is 4. The van der Waals surface area contributed by atoms with E-state index in [2.05, 4.69) is 10.1 Å². The second kappa shape index (κ2) is 5.96. The lowest BCUT2D eigenvalue weighted by Gasteiger charge is -2.06. The number of pyridine rings is 1. The molecule has 3 aromatic rings. The highest BCUT2D eigenvalue weighted by Crippen LogP contribution is 2.15. The van der Waals surface area contributed by atoms with Crippen LogP contribution in [0.1, 0.15) is 15.9 Å². The van der Waals surface area contributed by atoms with Crippen LogP contribution >= 0.6 is 0 Å². The van der Waals surface area contributed by atoms with Gasteiger partial charge < -0.3 is 0 Å². The highest BCUT2D eigenvalue weighted by atomic mass is 16.1. The number of carbonyl (C=O) groups is 1. The van der Waals surface area contributed by atoms with Gasteiger partial charge in [0.1, 0.15) is 0 Å². The molecule has 0 aliphatic carbocycles. The predicted molar refractivity (Wildman–Crippen MR) is 81.2 cm³/mol. The molecule has 1 aromatic carbocycles. The first-order valence-corrected chi connectivity index (χ1v) is 6.56. The van der Waals surface area contributed by atoms with E-state index in [1.807, 2.05) is 42.6 Å². The normalized spacial score (nSPS) is 10.9. The smallest absolute Gasteiger partial charge is 0.188 e. The monoisotopic (exact) mass is 275 g/mol. The van der Waals surface area contributed by atoms with Crippen molar-refractivity contribution in [2.45, 2.75) is 0 Å². The van der Waals surface area contributed by atoms with Gasteiger partial charge in [-0.25, -0.2) is 4.68 Å². The molecular weight excluding hydrogens is 262 g/mol. The summed E-state index contributed by atoms with van der Waals surface area (Å²) < 4.78 is 1.69. The number of carbonyl (C=O) groups excluding carboxylic acids is 1. The van der Waals surface area contributed by atoms with Gasteiger partial charge in [-0.05, 0) is 42.0 Å². The highest BCUT2D eigenvalue weighted by Gasteiger charge is 2.09. The molecule has 0 aliphatic heterocycles. The van der Waals surface area contributed by atoms with E-state index in [0.717, 1.165) is 11.3 Å². The molecule has 0 N–H and O–H groups in total. The second-order valence-electron chi connectivity index (χ2n) is 4.45.